The predicted molar refractivity (Wildman–Crippen MR) is 70.2 cm³/mol. The van der Waals surface area contributed by atoms with E-state index in [2.05, 4.69) is 25.8 Å². The highest BCUT2D eigenvalue weighted by Gasteiger charge is 2.09. The lowest BCUT2D eigenvalue weighted by Crippen LogP contribution is -2.31. The van der Waals surface area contributed by atoms with Crippen molar-refractivity contribution >= 4 is 0 Å². The summed E-state index contributed by atoms with van der Waals surface area (Å²) in [6, 6.07) is 6.92. The molecule has 0 saturated heterocycles. The number of hydrogen-bond acceptors (Lipinski definition) is 2. The first kappa shape index (κ1) is 14.1. The van der Waals surface area contributed by atoms with Crippen molar-refractivity contribution in [1.29, 1.82) is 0 Å². The molecule has 0 aliphatic rings. The Morgan fingerprint density at radius 2 is 1.82 bits per heavy atom. The topological polar surface area (TPSA) is 29.3 Å². The summed E-state index contributed by atoms with van der Waals surface area (Å²) in [4.78, 5) is 2.22. The minimum absolute atomic E-state index is 0.182. The molecule has 0 aliphatic carbocycles. The zero-order chi connectivity index (χ0) is 12.8. The first-order chi connectivity index (χ1) is 7.99. The normalized spacial score (nSPS) is 13.4. The molecule has 3 heteroatoms. The van der Waals surface area contributed by atoms with E-state index in [1.54, 1.807) is 0 Å². The molecule has 0 radical (unpaired) electrons. The Balaban J connectivity index is 2.34. The number of nitrogens with two attached hydrogens (primary N) is 1. The van der Waals surface area contributed by atoms with Crippen LogP contribution in [0.25, 0.3) is 0 Å². The van der Waals surface area contributed by atoms with Gasteiger partial charge in [0.2, 0.25) is 0 Å². The van der Waals surface area contributed by atoms with Gasteiger partial charge in [0, 0.05) is 12.6 Å². The lowest BCUT2D eigenvalue weighted by molar-refractivity contribution is 0.296. The summed E-state index contributed by atoms with van der Waals surface area (Å²) < 4.78 is 12.7. The first-order valence-corrected chi connectivity index (χ1v) is 6.17. The molecule has 1 unspecified atom stereocenters. The smallest absolute Gasteiger partial charge is 0.123 e. The fourth-order valence-electron chi connectivity index (χ4n) is 1.68. The third-order valence-electron chi connectivity index (χ3n) is 3.07. The fraction of sp³-hybridized carbons (Fsp3) is 0.571. The minimum Gasteiger partial charge on any atom is -0.327 e. The van der Waals surface area contributed by atoms with Gasteiger partial charge in [-0.1, -0.05) is 26.0 Å². The van der Waals surface area contributed by atoms with E-state index >= 15 is 0 Å². The zero-order valence-electron chi connectivity index (χ0n) is 11.0. The summed E-state index contributed by atoms with van der Waals surface area (Å²) in [6.45, 7) is 6.09. The second-order valence-electron chi connectivity index (χ2n) is 5.06. The third-order valence-corrected chi connectivity index (χ3v) is 3.07. The molecule has 0 amide bonds. The molecule has 1 atom stereocenters. The van der Waals surface area contributed by atoms with Crippen molar-refractivity contribution in [3.05, 3.63) is 35.6 Å². The van der Waals surface area contributed by atoms with Crippen LogP contribution in [0, 0.1) is 11.7 Å². The quantitative estimate of drug-likeness (QED) is 0.825. The Morgan fingerprint density at radius 3 is 2.35 bits per heavy atom. The molecular weight excluding hydrogens is 215 g/mol. The maximum Gasteiger partial charge on any atom is 0.123 e. The Kier molecular flexibility index (Phi) is 5.59. The second kappa shape index (κ2) is 6.72. The maximum atomic E-state index is 12.7. The fourth-order valence-corrected chi connectivity index (χ4v) is 1.68. The van der Waals surface area contributed by atoms with Crippen LogP contribution in [0.5, 0.6) is 0 Å². The van der Waals surface area contributed by atoms with E-state index in [0.29, 0.717) is 5.92 Å². The molecule has 0 bridgehead atoms. The van der Waals surface area contributed by atoms with Crippen LogP contribution >= 0.6 is 0 Å². The van der Waals surface area contributed by atoms with Crippen molar-refractivity contribution in [3.63, 3.8) is 0 Å². The summed E-state index contributed by atoms with van der Waals surface area (Å²) >= 11 is 0. The lowest BCUT2D eigenvalue weighted by atomic mass is 10.0. The van der Waals surface area contributed by atoms with E-state index < -0.39 is 0 Å². The van der Waals surface area contributed by atoms with Crippen LogP contribution in [0.3, 0.4) is 0 Å². The van der Waals surface area contributed by atoms with Gasteiger partial charge in [-0.25, -0.2) is 4.39 Å². The molecule has 0 aliphatic heterocycles. The van der Waals surface area contributed by atoms with Gasteiger partial charge < -0.3 is 10.6 Å². The number of hydrogen-bond donors (Lipinski definition) is 1. The third kappa shape index (κ3) is 5.29. The van der Waals surface area contributed by atoms with Crippen LogP contribution < -0.4 is 5.73 Å². The number of rotatable bonds is 6. The summed E-state index contributed by atoms with van der Waals surface area (Å²) in [7, 11) is 2.07. The molecule has 0 fully saturated rings. The molecule has 0 spiro atoms. The number of nitrogens with zero attached hydrogens (tertiary/aromatic N) is 1. The van der Waals surface area contributed by atoms with Gasteiger partial charge in [0.05, 0.1) is 0 Å². The van der Waals surface area contributed by atoms with Gasteiger partial charge in [0.25, 0.3) is 0 Å². The SMILES string of the molecule is CC(C)C(N)CCN(C)Cc1ccc(F)cc1. The van der Waals surface area contributed by atoms with Crippen LogP contribution in [-0.2, 0) is 6.54 Å². The zero-order valence-corrected chi connectivity index (χ0v) is 11.0. The number of halogens is 1. The molecule has 17 heavy (non-hydrogen) atoms. The molecular formula is C14H23FN2. The van der Waals surface area contributed by atoms with Gasteiger partial charge in [-0.3, -0.25) is 0 Å². The maximum absolute atomic E-state index is 12.7. The molecule has 2 nitrogen and oxygen atoms in total. The highest BCUT2D eigenvalue weighted by atomic mass is 19.1. The van der Waals surface area contributed by atoms with Gasteiger partial charge in [-0.15, -0.1) is 0 Å². The van der Waals surface area contributed by atoms with Crippen LogP contribution in [-0.4, -0.2) is 24.5 Å². The van der Waals surface area contributed by atoms with Crippen LogP contribution in [0.2, 0.25) is 0 Å². The van der Waals surface area contributed by atoms with Crippen molar-refractivity contribution < 1.29 is 4.39 Å². The average molecular weight is 238 g/mol. The Bertz CT molecular complexity index is 321. The molecule has 2 N–H and O–H groups in total. The predicted octanol–water partition coefficient (Wildman–Crippen LogP) is 2.63. The largest absolute Gasteiger partial charge is 0.327 e. The Morgan fingerprint density at radius 1 is 1.24 bits per heavy atom. The molecule has 0 saturated carbocycles. The monoisotopic (exact) mass is 238 g/mol. The van der Waals surface area contributed by atoms with Crippen LogP contribution in [0.15, 0.2) is 24.3 Å². The van der Waals surface area contributed by atoms with E-state index in [4.69, 9.17) is 5.73 Å². The second-order valence-corrected chi connectivity index (χ2v) is 5.06. The minimum atomic E-state index is -0.182. The molecule has 1 rings (SSSR count). The van der Waals surface area contributed by atoms with Gasteiger partial charge in [0.1, 0.15) is 5.82 Å². The van der Waals surface area contributed by atoms with Gasteiger partial charge >= 0.3 is 0 Å². The highest BCUT2D eigenvalue weighted by molar-refractivity contribution is 5.15. The van der Waals surface area contributed by atoms with Gasteiger partial charge in [0.15, 0.2) is 0 Å². The first-order valence-electron chi connectivity index (χ1n) is 6.17. The van der Waals surface area contributed by atoms with E-state index in [-0.39, 0.29) is 11.9 Å². The molecule has 1 aromatic rings. The van der Waals surface area contributed by atoms with Crippen molar-refractivity contribution in [2.24, 2.45) is 11.7 Å². The summed E-state index contributed by atoms with van der Waals surface area (Å²) in [5, 5.41) is 0. The molecule has 96 valence electrons. The summed E-state index contributed by atoms with van der Waals surface area (Å²) in [5.74, 6) is 0.340. The van der Waals surface area contributed by atoms with E-state index in [1.807, 2.05) is 12.1 Å². The van der Waals surface area contributed by atoms with E-state index in [9.17, 15) is 4.39 Å². The Labute approximate surface area is 104 Å². The number of benzene rings is 1. The standard InChI is InChI=1S/C14H23FN2/c1-11(2)14(16)8-9-17(3)10-12-4-6-13(15)7-5-12/h4-7,11,14H,8-10,16H2,1-3H3. The summed E-state index contributed by atoms with van der Waals surface area (Å²) in [5.41, 5.74) is 7.13. The highest BCUT2D eigenvalue weighted by Crippen LogP contribution is 2.08. The van der Waals surface area contributed by atoms with E-state index in [1.165, 1.54) is 12.1 Å². The molecule has 0 aromatic heterocycles. The summed E-state index contributed by atoms with van der Waals surface area (Å²) in [6.07, 6.45) is 0.995. The molecule has 0 heterocycles. The van der Waals surface area contributed by atoms with Crippen molar-refractivity contribution in [3.8, 4) is 0 Å². The Hall–Kier alpha value is -0.930. The van der Waals surface area contributed by atoms with Crippen molar-refractivity contribution in [1.82, 2.24) is 4.90 Å². The average Bonchev–Trinajstić information content (AvgIpc) is 2.29. The van der Waals surface area contributed by atoms with E-state index in [0.717, 1.165) is 25.1 Å². The molecule has 1 aromatic carbocycles. The van der Waals surface area contributed by atoms with Gasteiger partial charge in [-0.2, -0.15) is 0 Å². The van der Waals surface area contributed by atoms with Crippen molar-refractivity contribution in [2.45, 2.75) is 32.9 Å². The van der Waals surface area contributed by atoms with Crippen LogP contribution in [0.4, 0.5) is 4.39 Å². The van der Waals surface area contributed by atoms with Crippen LogP contribution in [0.1, 0.15) is 25.8 Å². The van der Waals surface area contributed by atoms with Gasteiger partial charge in [-0.05, 0) is 43.6 Å². The van der Waals surface area contributed by atoms with Crippen molar-refractivity contribution in [2.75, 3.05) is 13.6 Å². The lowest BCUT2D eigenvalue weighted by Gasteiger charge is -2.21.